The van der Waals surface area contributed by atoms with Crippen LogP contribution in [0.3, 0.4) is 0 Å². The summed E-state index contributed by atoms with van der Waals surface area (Å²) in [5.74, 6) is 3.07. The minimum Gasteiger partial charge on any atom is -0.493 e. The summed E-state index contributed by atoms with van der Waals surface area (Å²) >= 11 is 0. The van der Waals surface area contributed by atoms with Crippen LogP contribution in [0.15, 0.2) is 48.8 Å². The number of benzene rings is 1. The number of rotatable bonds is 5. The summed E-state index contributed by atoms with van der Waals surface area (Å²) in [5.41, 5.74) is 3.23. The van der Waals surface area contributed by atoms with Crippen molar-refractivity contribution < 1.29 is 14.3 Å². The highest BCUT2D eigenvalue weighted by atomic mass is 16.5. The molecule has 3 unspecified atom stereocenters. The molecular formula is C29H33N5O3. The van der Waals surface area contributed by atoms with Gasteiger partial charge in [-0.25, -0.2) is 4.98 Å². The van der Waals surface area contributed by atoms with Crippen molar-refractivity contribution in [2.75, 3.05) is 32.2 Å². The van der Waals surface area contributed by atoms with Gasteiger partial charge in [0, 0.05) is 38.2 Å². The topological polar surface area (TPSA) is 82.4 Å². The average molecular weight is 500 g/mol. The Bertz CT molecular complexity index is 1390. The van der Waals surface area contributed by atoms with Crippen molar-refractivity contribution in [3.05, 3.63) is 54.4 Å². The second kappa shape index (κ2) is 9.65. The molecule has 2 aromatic heterocycles. The zero-order valence-electron chi connectivity index (χ0n) is 21.6. The first kappa shape index (κ1) is 23.7. The average Bonchev–Trinajstić information content (AvgIpc) is 3.33. The van der Waals surface area contributed by atoms with Crippen LogP contribution < -0.4 is 14.4 Å². The van der Waals surface area contributed by atoms with Crippen LogP contribution in [0.4, 0.5) is 5.95 Å². The molecule has 3 aromatic rings. The molecule has 1 aliphatic heterocycles. The third-order valence-electron chi connectivity index (χ3n) is 8.39. The molecule has 1 fully saturated rings. The molecular weight excluding hydrogens is 466 g/mol. The van der Waals surface area contributed by atoms with Crippen LogP contribution in [-0.4, -0.2) is 52.8 Å². The minimum absolute atomic E-state index is 0.0386. The molecule has 0 saturated carbocycles. The normalized spacial score (nSPS) is 24.2. The Morgan fingerprint density at radius 1 is 0.973 bits per heavy atom. The van der Waals surface area contributed by atoms with Gasteiger partial charge in [-0.1, -0.05) is 24.3 Å². The van der Waals surface area contributed by atoms with Crippen molar-refractivity contribution in [1.29, 1.82) is 0 Å². The number of nitrogens with zero attached hydrogens (tertiary/aromatic N) is 5. The summed E-state index contributed by atoms with van der Waals surface area (Å²) in [4.78, 5) is 25.4. The van der Waals surface area contributed by atoms with Crippen molar-refractivity contribution >= 4 is 28.3 Å². The number of aryl methyl sites for hydroxylation is 1. The van der Waals surface area contributed by atoms with E-state index in [1.54, 1.807) is 25.1 Å². The number of allylic oxidation sites excluding steroid dienone is 4. The Morgan fingerprint density at radius 2 is 1.73 bits per heavy atom. The number of ether oxygens (including phenoxy) is 2. The smallest absolute Gasteiger partial charge is 0.227 e. The van der Waals surface area contributed by atoms with Gasteiger partial charge in [0.25, 0.3) is 0 Å². The van der Waals surface area contributed by atoms with Crippen LogP contribution in [0.1, 0.15) is 31.2 Å². The van der Waals surface area contributed by atoms with Crippen LogP contribution in [-0.2, 0) is 11.8 Å². The van der Waals surface area contributed by atoms with E-state index in [1.807, 2.05) is 19.3 Å². The van der Waals surface area contributed by atoms with Crippen molar-refractivity contribution in [2.24, 2.45) is 30.7 Å². The molecule has 192 valence electrons. The van der Waals surface area contributed by atoms with Gasteiger partial charge in [-0.05, 0) is 60.8 Å². The van der Waals surface area contributed by atoms with Gasteiger partial charge in [-0.3, -0.25) is 9.48 Å². The summed E-state index contributed by atoms with van der Waals surface area (Å²) in [5, 5.41) is 5.22. The molecule has 6 rings (SSSR count). The SMILES string of the molecule is COc1ccc(C2=CC(C3CCN(c4ncc5cnn(C)c5n4)CC3)C(=O)C3CC=CCC23)cc1OC. The quantitative estimate of drug-likeness (QED) is 0.479. The van der Waals surface area contributed by atoms with E-state index in [2.05, 4.69) is 45.3 Å². The molecule has 0 radical (unpaired) electrons. The summed E-state index contributed by atoms with van der Waals surface area (Å²) in [6, 6.07) is 6.12. The fraction of sp³-hybridized carbons (Fsp3) is 0.448. The van der Waals surface area contributed by atoms with E-state index < -0.39 is 0 Å². The Labute approximate surface area is 217 Å². The first-order valence-corrected chi connectivity index (χ1v) is 13.1. The molecule has 3 heterocycles. The van der Waals surface area contributed by atoms with Crippen LogP contribution >= 0.6 is 0 Å². The summed E-state index contributed by atoms with van der Waals surface area (Å²) < 4.78 is 12.8. The predicted octanol–water partition coefficient (Wildman–Crippen LogP) is 4.46. The van der Waals surface area contributed by atoms with E-state index in [4.69, 9.17) is 14.5 Å². The van der Waals surface area contributed by atoms with Crippen molar-refractivity contribution in [2.45, 2.75) is 25.7 Å². The molecule has 3 aliphatic rings. The minimum atomic E-state index is -0.0709. The van der Waals surface area contributed by atoms with Gasteiger partial charge in [-0.15, -0.1) is 0 Å². The van der Waals surface area contributed by atoms with Crippen molar-refractivity contribution in [3.8, 4) is 11.5 Å². The van der Waals surface area contributed by atoms with E-state index in [1.165, 1.54) is 5.57 Å². The maximum Gasteiger partial charge on any atom is 0.227 e. The maximum atomic E-state index is 13.8. The van der Waals surface area contributed by atoms with Gasteiger partial charge in [0.15, 0.2) is 17.1 Å². The molecule has 0 N–H and O–H groups in total. The second-order valence-corrected chi connectivity index (χ2v) is 10.3. The number of anilines is 1. The van der Waals surface area contributed by atoms with E-state index in [0.29, 0.717) is 17.5 Å². The number of hydrogen-bond acceptors (Lipinski definition) is 7. The first-order chi connectivity index (χ1) is 18.1. The monoisotopic (exact) mass is 499 g/mol. The Hall–Kier alpha value is -3.68. The summed E-state index contributed by atoms with van der Waals surface area (Å²) in [6.07, 6.45) is 13.9. The Morgan fingerprint density at radius 3 is 2.49 bits per heavy atom. The predicted molar refractivity (Wildman–Crippen MR) is 143 cm³/mol. The number of ketones is 1. The van der Waals surface area contributed by atoms with Gasteiger partial charge in [0.1, 0.15) is 5.78 Å². The third kappa shape index (κ3) is 4.18. The van der Waals surface area contributed by atoms with Gasteiger partial charge in [0.2, 0.25) is 5.95 Å². The van der Waals surface area contributed by atoms with Gasteiger partial charge in [0.05, 0.1) is 25.8 Å². The van der Waals surface area contributed by atoms with E-state index in [0.717, 1.165) is 67.1 Å². The molecule has 0 bridgehead atoms. The third-order valence-corrected chi connectivity index (χ3v) is 8.39. The summed E-state index contributed by atoms with van der Waals surface area (Å²) in [6.45, 7) is 1.68. The van der Waals surface area contributed by atoms with E-state index in [-0.39, 0.29) is 17.8 Å². The molecule has 0 spiro atoms. The van der Waals surface area contributed by atoms with E-state index >= 15 is 0 Å². The maximum absolute atomic E-state index is 13.8. The molecule has 0 amide bonds. The lowest BCUT2D eigenvalue weighted by atomic mass is 9.64. The molecule has 3 atom stereocenters. The number of fused-ring (bicyclic) bond motifs is 2. The largest absolute Gasteiger partial charge is 0.493 e. The second-order valence-electron chi connectivity index (χ2n) is 10.3. The van der Waals surface area contributed by atoms with Crippen LogP contribution in [0.25, 0.3) is 16.6 Å². The van der Waals surface area contributed by atoms with E-state index in [9.17, 15) is 4.79 Å². The van der Waals surface area contributed by atoms with Crippen LogP contribution in [0.2, 0.25) is 0 Å². The van der Waals surface area contributed by atoms with Crippen LogP contribution in [0.5, 0.6) is 11.5 Å². The standard InChI is InChI=1S/C29H33N5O3/c1-33-28-20(17-31-33)16-30-29(32-28)34-12-10-18(11-13-34)24-15-23(21-6-4-5-7-22(21)27(24)35)19-8-9-25(36-2)26(14-19)37-3/h4-5,8-9,14-18,21-22,24H,6-7,10-13H2,1-3H3. The molecule has 1 aromatic carbocycles. The zero-order valence-corrected chi connectivity index (χ0v) is 21.6. The highest BCUT2D eigenvalue weighted by Gasteiger charge is 2.43. The number of methoxy groups -OCH3 is 2. The lowest BCUT2D eigenvalue weighted by molar-refractivity contribution is -0.128. The number of hydrogen-bond donors (Lipinski definition) is 0. The molecule has 37 heavy (non-hydrogen) atoms. The summed E-state index contributed by atoms with van der Waals surface area (Å²) in [7, 11) is 5.22. The molecule has 2 aliphatic carbocycles. The Balaban J connectivity index is 1.27. The number of Topliss-reactive ketones (excluding diaryl/α,β-unsaturated/α-hetero) is 1. The fourth-order valence-corrected chi connectivity index (χ4v) is 6.35. The Kier molecular flexibility index (Phi) is 6.18. The van der Waals surface area contributed by atoms with Gasteiger partial charge < -0.3 is 14.4 Å². The highest BCUT2D eigenvalue weighted by molar-refractivity contribution is 5.93. The number of piperidine rings is 1. The van der Waals surface area contributed by atoms with Gasteiger partial charge in [-0.2, -0.15) is 10.1 Å². The number of aromatic nitrogens is 4. The zero-order chi connectivity index (χ0) is 25.5. The molecule has 8 heteroatoms. The van der Waals surface area contributed by atoms with Crippen LogP contribution in [0, 0.1) is 23.7 Å². The van der Waals surface area contributed by atoms with Gasteiger partial charge >= 0.3 is 0 Å². The van der Waals surface area contributed by atoms with Crippen molar-refractivity contribution in [3.63, 3.8) is 0 Å². The lowest BCUT2D eigenvalue weighted by Crippen LogP contribution is -2.43. The number of carbonyl (C=O) groups is 1. The number of carbonyl (C=O) groups excluding carboxylic acids is 1. The lowest BCUT2D eigenvalue weighted by Gasteiger charge is -2.41. The molecule has 1 saturated heterocycles. The fourth-order valence-electron chi connectivity index (χ4n) is 6.35. The highest BCUT2D eigenvalue weighted by Crippen LogP contribution is 2.47. The first-order valence-electron chi connectivity index (χ1n) is 13.1. The molecule has 8 nitrogen and oxygen atoms in total. The van der Waals surface area contributed by atoms with Crippen molar-refractivity contribution in [1.82, 2.24) is 19.7 Å².